The van der Waals surface area contributed by atoms with Gasteiger partial charge in [0.25, 0.3) is 0 Å². The second-order valence-electron chi connectivity index (χ2n) is 8.03. The quantitative estimate of drug-likeness (QED) is 0.630. The average Bonchev–Trinajstić information content (AvgIpc) is 3.20. The van der Waals surface area contributed by atoms with Gasteiger partial charge in [-0.05, 0) is 42.9 Å². The van der Waals surface area contributed by atoms with Gasteiger partial charge in [-0.3, -0.25) is 9.78 Å². The van der Waals surface area contributed by atoms with E-state index >= 15 is 0 Å². The van der Waals surface area contributed by atoms with Crippen LogP contribution in [-0.4, -0.2) is 26.3 Å². The van der Waals surface area contributed by atoms with E-state index in [0.29, 0.717) is 24.3 Å². The molecule has 3 heterocycles. The molecule has 0 radical (unpaired) electrons. The molecule has 1 aromatic carbocycles. The molecule has 1 aliphatic heterocycles. The number of hydrogen-bond donors (Lipinski definition) is 0. The van der Waals surface area contributed by atoms with Crippen molar-refractivity contribution in [3.8, 4) is 0 Å². The summed E-state index contributed by atoms with van der Waals surface area (Å²) in [5.74, 6) is 1.39. The molecule has 29 heavy (non-hydrogen) atoms. The summed E-state index contributed by atoms with van der Waals surface area (Å²) in [6.07, 6.45) is 8.94. The zero-order chi connectivity index (χ0) is 19.6. The Kier molecular flexibility index (Phi) is 4.80. The van der Waals surface area contributed by atoms with Gasteiger partial charge in [0.15, 0.2) is 11.6 Å². The normalized spacial score (nSPS) is 21.5. The number of rotatable bonds is 4. The number of nitrogens with zero attached hydrogens (tertiary/aromatic N) is 4. The summed E-state index contributed by atoms with van der Waals surface area (Å²) < 4.78 is 2.01. The van der Waals surface area contributed by atoms with Crippen LogP contribution in [0.4, 0.5) is 5.82 Å². The number of aromatic nitrogens is 3. The number of hydrogen-bond acceptors (Lipinski definition) is 4. The molecule has 1 aliphatic carbocycles. The highest BCUT2D eigenvalue weighted by molar-refractivity contribution is 6.15. The van der Waals surface area contributed by atoms with Gasteiger partial charge in [0.2, 0.25) is 0 Å². The Labute approximate surface area is 170 Å². The van der Waals surface area contributed by atoms with Crippen LogP contribution in [0.5, 0.6) is 0 Å². The number of ketones is 1. The molecular weight excluding hydrogens is 360 g/mol. The summed E-state index contributed by atoms with van der Waals surface area (Å²) in [6.45, 7) is 0. The smallest absolute Gasteiger partial charge is 0.173 e. The van der Waals surface area contributed by atoms with Crippen LogP contribution in [0.2, 0.25) is 0 Å². The standard InChI is InChI=1S/C24H24N4O/c29-23-15-20(14-19-10-4-5-12-25-19)27-24-22(23)16-26-28(24)21-11-6-9-18(13-21)17-7-2-1-3-8-17/h1-5,7-8,10,12,16,18,21H,6,9,11,13-15H2. The lowest BCUT2D eigenvalue weighted by Crippen LogP contribution is -2.21. The van der Waals surface area contributed by atoms with Crippen LogP contribution < -0.4 is 0 Å². The highest BCUT2D eigenvalue weighted by Crippen LogP contribution is 2.41. The molecular formula is C24H24N4O. The monoisotopic (exact) mass is 384 g/mol. The zero-order valence-electron chi connectivity index (χ0n) is 16.4. The minimum Gasteiger partial charge on any atom is -0.294 e. The third kappa shape index (κ3) is 3.65. The zero-order valence-corrected chi connectivity index (χ0v) is 16.4. The summed E-state index contributed by atoms with van der Waals surface area (Å²) in [5.41, 5.74) is 3.87. The van der Waals surface area contributed by atoms with Gasteiger partial charge in [0.1, 0.15) is 0 Å². The lowest BCUT2D eigenvalue weighted by Gasteiger charge is -2.30. The highest BCUT2D eigenvalue weighted by Gasteiger charge is 2.30. The van der Waals surface area contributed by atoms with Crippen molar-refractivity contribution >= 4 is 17.3 Å². The van der Waals surface area contributed by atoms with Gasteiger partial charge in [-0.2, -0.15) is 5.10 Å². The van der Waals surface area contributed by atoms with Crippen LogP contribution in [0.3, 0.4) is 0 Å². The van der Waals surface area contributed by atoms with Crippen molar-refractivity contribution in [2.24, 2.45) is 4.99 Å². The fourth-order valence-electron chi connectivity index (χ4n) is 4.63. The second-order valence-corrected chi connectivity index (χ2v) is 8.03. The summed E-state index contributed by atoms with van der Waals surface area (Å²) in [4.78, 5) is 22.0. The van der Waals surface area contributed by atoms with E-state index in [9.17, 15) is 4.79 Å². The number of Topliss-reactive ketones (excluding diaryl/α,β-unsaturated/α-hetero) is 1. The van der Waals surface area contributed by atoms with Gasteiger partial charge in [0.05, 0.1) is 24.2 Å². The van der Waals surface area contributed by atoms with E-state index < -0.39 is 0 Å². The summed E-state index contributed by atoms with van der Waals surface area (Å²) in [7, 11) is 0. The Bertz CT molecular complexity index is 1040. The van der Waals surface area contributed by atoms with E-state index in [0.717, 1.165) is 36.5 Å². The Balaban J connectivity index is 1.42. The maximum absolute atomic E-state index is 12.7. The Morgan fingerprint density at radius 2 is 1.90 bits per heavy atom. The van der Waals surface area contributed by atoms with Crippen molar-refractivity contribution < 1.29 is 4.79 Å². The van der Waals surface area contributed by atoms with Crippen LogP contribution in [0.1, 0.15) is 65.7 Å². The maximum Gasteiger partial charge on any atom is 0.173 e. The molecule has 1 saturated carbocycles. The van der Waals surface area contributed by atoms with Crippen molar-refractivity contribution in [2.45, 2.75) is 50.5 Å². The molecule has 0 N–H and O–H groups in total. The number of pyridine rings is 1. The second kappa shape index (κ2) is 7.74. The number of aliphatic imine (C=N–C) groups is 1. The van der Waals surface area contributed by atoms with Crippen LogP contribution in [0.15, 0.2) is 65.9 Å². The van der Waals surface area contributed by atoms with Crippen LogP contribution in [-0.2, 0) is 6.42 Å². The number of fused-ring (bicyclic) bond motifs is 1. The van der Waals surface area contributed by atoms with Crippen LogP contribution in [0, 0.1) is 0 Å². The molecule has 0 bridgehead atoms. The predicted molar refractivity (Wildman–Crippen MR) is 113 cm³/mol. The van der Waals surface area contributed by atoms with Crippen molar-refractivity contribution in [3.05, 3.63) is 77.7 Å². The molecule has 0 spiro atoms. The third-order valence-corrected chi connectivity index (χ3v) is 6.07. The van der Waals surface area contributed by atoms with E-state index in [2.05, 4.69) is 40.4 Å². The molecule has 3 aromatic rings. The highest BCUT2D eigenvalue weighted by atomic mass is 16.1. The molecule has 5 heteroatoms. The molecule has 1 fully saturated rings. The first kappa shape index (κ1) is 18.0. The van der Waals surface area contributed by atoms with Crippen LogP contribution >= 0.6 is 0 Å². The number of benzene rings is 1. The fraction of sp³-hybridized carbons (Fsp3) is 0.333. The lowest BCUT2D eigenvalue weighted by molar-refractivity contribution is 0.0999. The van der Waals surface area contributed by atoms with Gasteiger partial charge in [-0.1, -0.05) is 42.8 Å². The molecule has 2 atom stereocenters. The van der Waals surface area contributed by atoms with Gasteiger partial charge in [-0.15, -0.1) is 0 Å². The van der Waals surface area contributed by atoms with Crippen molar-refractivity contribution in [2.75, 3.05) is 0 Å². The van der Waals surface area contributed by atoms with E-state index in [1.165, 1.54) is 12.0 Å². The molecule has 146 valence electrons. The van der Waals surface area contributed by atoms with E-state index in [1.807, 2.05) is 22.9 Å². The molecule has 5 nitrogen and oxygen atoms in total. The van der Waals surface area contributed by atoms with E-state index in [1.54, 1.807) is 12.4 Å². The summed E-state index contributed by atoms with van der Waals surface area (Å²) >= 11 is 0. The summed E-state index contributed by atoms with van der Waals surface area (Å²) in [6, 6.07) is 16.9. The van der Waals surface area contributed by atoms with E-state index in [4.69, 9.17) is 4.99 Å². The minimum absolute atomic E-state index is 0.114. The number of carbonyl (C=O) groups excluding carboxylic acids is 1. The summed E-state index contributed by atoms with van der Waals surface area (Å²) in [5, 5.41) is 4.61. The Hall–Kier alpha value is -3.08. The van der Waals surface area contributed by atoms with Crippen molar-refractivity contribution in [3.63, 3.8) is 0 Å². The Morgan fingerprint density at radius 3 is 2.72 bits per heavy atom. The van der Waals surface area contributed by atoms with Crippen molar-refractivity contribution in [1.29, 1.82) is 0 Å². The average molecular weight is 384 g/mol. The first-order chi connectivity index (χ1) is 14.3. The predicted octanol–water partition coefficient (Wildman–Crippen LogP) is 5.08. The SMILES string of the molecule is O=C1CC(Cc2ccccn2)=Nc2c1cnn2C1CCCC(c2ccccc2)C1. The first-order valence-electron chi connectivity index (χ1n) is 10.4. The van der Waals surface area contributed by atoms with Gasteiger partial charge in [0, 0.05) is 24.0 Å². The van der Waals surface area contributed by atoms with Crippen molar-refractivity contribution in [1.82, 2.24) is 14.8 Å². The van der Waals surface area contributed by atoms with E-state index in [-0.39, 0.29) is 11.8 Å². The minimum atomic E-state index is 0.114. The fourth-order valence-corrected chi connectivity index (χ4v) is 4.63. The lowest BCUT2D eigenvalue weighted by atomic mass is 9.81. The van der Waals surface area contributed by atoms with Gasteiger partial charge < -0.3 is 0 Å². The molecule has 0 saturated heterocycles. The largest absolute Gasteiger partial charge is 0.294 e. The maximum atomic E-state index is 12.7. The third-order valence-electron chi connectivity index (χ3n) is 6.07. The topological polar surface area (TPSA) is 60.1 Å². The molecule has 2 unspecified atom stereocenters. The van der Waals surface area contributed by atoms with Gasteiger partial charge >= 0.3 is 0 Å². The van der Waals surface area contributed by atoms with Crippen LogP contribution in [0.25, 0.3) is 0 Å². The number of carbonyl (C=O) groups is 1. The Morgan fingerprint density at radius 1 is 1.03 bits per heavy atom. The molecule has 5 rings (SSSR count). The molecule has 2 aromatic heterocycles. The molecule has 2 aliphatic rings. The first-order valence-corrected chi connectivity index (χ1v) is 10.4. The van der Waals surface area contributed by atoms with Gasteiger partial charge in [-0.25, -0.2) is 9.67 Å². The molecule has 0 amide bonds.